The van der Waals surface area contributed by atoms with Gasteiger partial charge in [0, 0.05) is 17.5 Å². The maximum Gasteiger partial charge on any atom is 0.171 e. The van der Waals surface area contributed by atoms with Crippen LogP contribution in [0.2, 0.25) is 0 Å². The molecule has 0 spiro atoms. The number of carbonyl (C=O) groups excluding carboxylic acids is 1. The number of ether oxygens (including phenoxy) is 1. The highest BCUT2D eigenvalue weighted by molar-refractivity contribution is 6.05. The second-order valence-electron chi connectivity index (χ2n) is 6.12. The maximum atomic E-state index is 11.4. The highest BCUT2D eigenvalue weighted by atomic mass is 16.5. The van der Waals surface area contributed by atoms with Crippen molar-refractivity contribution in [3.05, 3.63) is 12.3 Å². The Morgan fingerprint density at radius 3 is 2.17 bits per heavy atom. The normalized spacial score (nSPS) is 30.4. The van der Waals surface area contributed by atoms with Crippen molar-refractivity contribution in [3.63, 3.8) is 0 Å². The molecule has 0 bridgehead atoms. The minimum atomic E-state index is -1.76. The number of allylic oxidation sites excluding steroid dienone is 1. The van der Waals surface area contributed by atoms with E-state index in [1.54, 1.807) is 19.9 Å². The molecule has 1 fully saturated rings. The van der Waals surface area contributed by atoms with Crippen LogP contribution in [-0.2, 0) is 9.53 Å². The second-order valence-corrected chi connectivity index (χ2v) is 6.12. The largest absolute Gasteiger partial charge is 0.499 e. The van der Waals surface area contributed by atoms with Gasteiger partial charge in [0.1, 0.15) is 11.7 Å². The number of hydrogen-bond donors (Lipinski definition) is 1. The molecule has 0 aromatic rings. The molecule has 1 aliphatic rings. The molecule has 0 amide bonds. The van der Waals surface area contributed by atoms with E-state index in [1.807, 2.05) is 32.1 Å². The number of nitriles is 3. The zero-order valence-corrected chi connectivity index (χ0v) is 13.7. The summed E-state index contributed by atoms with van der Waals surface area (Å²) in [5.74, 6) is -2.29. The molecule has 0 aliphatic heterocycles. The van der Waals surface area contributed by atoms with Crippen molar-refractivity contribution in [2.24, 2.45) is 28.6 Å². The third-order valence-corrected chi connectivity index (χ3v) is 4.68. The van der Waals surface area contributed by atoms with Crippen LogP contribution in [0.5, 0.6) is 0 Å². The van der Waals surface area contributed by atoms with Gasteiger partial charge in [0.05, 0.1) is 36.5 Å². The predicted octanol–water partition coefficient (Wildman–Crippen LogP) is 2.59. The number of nitrogens with one attached hydrogen (secondary N) is 1. The van der Waals surface area contributed by atoms with Crippen molar-refractivity contribution in [1.82, 2.24) is 0 Å². The summed E-state index contributed by atoms with van der Waals surface area (Å²) >= 11 is 0. The van der Waals surface area contributed by atoms with Crippen LogP contribution >= 0.6 is 0 Å². The first-order valence-corrected chi connectivity index (χ1v) is 7.39. The lowest BCUT2D eigenvalue weighted by atomic mass is 9.59. The average Bonchev–Trinajstić information content (AvgIpc) is 2.70. The molecule has 0 heterocycles. The Morgan fingerprint density at radius 2 is 1.78 bits per heavy atom. The van der Waals surface area contributed by atoms with Crippen LogP contribution in [0.4, 0.5) is 0 Å². The zero-order valence-electron chi connectivity index (χ0n) is 13.7. The van der Waals surface area contributed by atoms with Crippen molar-refractivity contribution in [3.8, 4) is 18.2 Å². The van der Waals surface area contributed by atoms with E-state index in [4.69, 9.17) is 10.1 Å². The maximum absolute atomic E-state index is 11.4. The Labute approximate surface area is 136 Å². The Kier molecular flexibility index (Phi) is 5.30. The first-order chi connectivity index (χ1) is 10.8. The van der Waals surface area contributed by atoms with Crippen LogP contribution in [0.25, 0.3) is 0 Å². The van der Waals surface area contributed by atoms with Gasteiger partial charge < -0.3 is 14.9 Å². The Bertz CT molecular complexity index is 633. The summed E-state index contributed by atoms with van der Waals surface area (Å²) < 4.78 is 5.32. The van der Waals surface area contributed by atoms with Crippen LogP contribution in [0.1, 0.15) is 27.7 Å². The molecule has 0 aromatic carbocycles. The van der Waals surface area contributed by atoms with Gasteiger partial charge in [-0.1, -0.05) is 13.8 Å². The third kappa shape index (κ3) is 2.39. The van der Waals surface area contributed by atoms with Gasteiger partial charge in [-0.25, -0.2) is 0 Å². The van der Waals surface area contributed by atoms with Gasteiger partial charge in [0.25, 0.3) is 0 Å². The van der Waals surface area contributed by atoms with Crippen LogP contribution in [0.3, 0.4) is 0 Å². The number of carbonyl (C=O) groups is 1. The lowest BCUT2D eigenvalue weighted by Gasteiger charge is -2.35. The molecule has 120 valence electrons. The minimum Gasteiger partial charge on any atom is -0.499 e. The van der Waals surface area contributed by atoms with E-state index in [2.05, 4.69) is 0 Å². The fraction of sp³-hybridized carbons (Fsp3) is 0.588. The number of aldehydes is 1. The number of rotatable bonds is 5. The van der Waals surface area contributed by atoms with E-state index in [-0.39, 0.29) is 11.8 Å². The second kappa shape index (κ2) is 6.63. The van der Waals surface area contributed by atoms with Crippen molar-refractivity contribution in [1.29, 1.82) is 21.2 Å². The summed E-state index contributed by atoms with van der Waals surface area (Å²) in [7, 11) is 0. The summed E-state index contributed by atoms with van der Waals surface area (Å²) in [6.45, 7) is 6.90. The van der Waals surface area contributed by atoms with Gasteiger partial charge in [0.2, 0.25) is 0 Å². The quantitative estimate of drug-likeness (QED) is 0.617. The SMILES string of the molecule is CC(C)O/C=C/[C@H](C)[C@]1(C#N)C(=N)[C@H](C=O)[C@H](C)C1(C#N)C#N. The van der Waals surface area contributed by atoms with Gasteiger partial charge in [-0.2, -0.15) is 15.8 Å². The van der Waals surface area contributed by atoms with Gasteiger partial charge in [0.15, 0.2) is 5.41 Å². The molecule has 6 heteroatoms. The number of hydrogen-bond acceptors (Lipinski definition) is 6. The van der Waals surface area contributed by atoms with Crippen molar-refractivity contribution in [2.75, 3.05) is 0 Å². The molecule has 6 nitrogen and oxygen atoms in total. The van der Waals surface area contributed by atoms with E-state index in [1.165, 1.54) is 6.26 Å². The Morgan fingerprint density at radius 1 is 1.22 bits per heavy atom. The van der Waals surface area contributed by atoms with E-state index < -0.39 is 28.6 Å². The van der Waals surface area contributed by atoms with Crippen molar-refractivity contribution in [2.45, 2.75) is 33.8 Å². The molecule has 4 atom stereocenters. The fourth-order valence-electron chi connectivity index (χ4n) is 3.26. The smallest absolute Gasteiger partial charge is 0.171 e. The average molecular weight is 312 g/mol. The molecule has 0 saturated heterocycles. The Hall–Kier alpha value is -2.65. The molecule has 0 unspecified atom stereocenters. The summed E-state index contributed by atoms with van der Waals surface area (Å²) in [6, 6.07) is 5.89. The lowest BCUT2D eigenvalue weighted by molar-refractivity contribution is -0.110. The van der Waals surface area contributed by atoms with E-state index in [9.17, 15) is 20.6 Å². The third-order valence-electron chi connectivity index (χ3n) is 4.68. The Balaban J connectivity index is 3.51. The van der Waals surface area contributed by atoms with Crippen LogP contribution < -0.4 is 0 Å². The summed E-state index contributed by atoms with van der Waals surface area (Å²) in [5.41, 5.74) is -3.61. The van der Waals surface area contributed by atoms with Crippen molar-refractivity contribution < 1.29 is 9.53 Å². The molecular weight excluding hydrogens is 292 g/mol. The standard InChI is InChI=1S/C17H20N4O2/c1-11(2)23-6-5-12(3)17(10-20)15(21)14(7-22)13(4)16(17,8-18)9-19/h5-7,11-14,21H,1-4H3/b6-5+,21-15?/t12-,13-,14+,17+/m0/s1. The lowest BCUT2D eigenvalue weighted by Crippen LogP contribution is -2.45. The van der Waals surface area contributed by atoms with E-state index in [0.717, 1.165) is 0 Å². The summed E-state index contributed by atoms with van der Waals surface area (Å²) in [5, 5.41) is 37.4. The van der Waals surface area contributed by atoms with Crippen molar-refractivity contribution >= 4 is 12.0 Å². The van der Waals surface area contributed by atoms with Crippen LogP contribution in [-0.4, -0.2) is 18.1 Å². The molecule has 1 aliphatic carbocycles. The van der Waals surface area contributed by atoms with E-state index >= 15 is 0 Å². The summed E-state index contributed by atoms with van der Waals surface area (Å²) in [4.78, 5) is 11.4. The predicted molar refractivity (Wildman–Crippen MR) is 82.7 cm³/mol. The first kappa shape index (κ1) is 18.4. The van der Waals surface area contributed by atoms with Gasteiger partial charge >= 0.3 is 0 Å². The molecule has 0 radical (unpaired) electrons. The highest BCUT2D eigenvalue weighted by Gasteiger charge is 2.70. The highest BCUT2D eigenvalue weighted by Crippen LogP contribution is 2.59. The molecule has 23 heavy (non-hydrogen) atoms. The first-order valence-electron chi connectivity index (χ1n) is 7.39. The zero-order chi connectivity index (χ0) is 17.8. The minimum absolute atomic E-state index is 0.0575. The van der Waals surface area contributed by atoms with E-state index in [0.29, 0.717) is 6.29 Å². The van der Waals surface area contributed by atoms with Crippen LogP contribution in [0.15, 0.2) is 12.3 Å². The van der Waals surface area contributed by atoms with Crippen LogP contribution in [0, 0.1) is 68.0 Å². The monoisotopic (exact) mass is 312 g/mol. The molecule has 1 N–H and O–H groups in total. The molecular formula is C17H20N4O2. The molecule has 1 rings (SSSR count). The van der Waals surface area contributed by atoms with Gasteiger partial charge in [-0.05, 0) is 19.9 Å². The van der Waals surface area contributed by atoms with Gasteiger partial charge in [-0.15, -0.1) is 0 Å². The topological polar surface area (TPSA) is 122 Å². The molecule has 0 aromatic heterocycles. The fourth-order valence-corrected chi connectivity index (χ4v) is 3.26. The van der Waals surface area contributed by atoms with Gasteiger partial charge in [-0.3, -0.25) is 0 Å². The number of nitrogens with zero attached hydrogens (tertiary/aromatic N) is 3. The molecule has 1 saturated carbocycles. The summed E-state index contributed by atoms with van der Waals surface area (Å²) in [6.07, 6.45) is 3.48.